The Kier molecular flexibility index (Phi) is 7.15. The number of esters is 1. The number of aliphatic hydroxyl groups excluding tert-OH is 1. The Balaban J connectivity index is 1.23. The number of hydrogen-bond donors (Lipinski definition) is 4. The van der Waals surface area contributed by atoms with Crippen molar-refractivity contribution in [3.05, 3.63) is 11.6 Å². The third kappa shape index (κ3) is 4.04. The van der Waals surface area contributed by atoms with Gasteiger partial charge in [-0.1, -0.05) is 6.92 Å². The topological polar surface area (TPSA) is 147 Å². The number of hydrogen-bond acceptors (Lipinski definition) is 10. The molecule has 6 aliphatic rings. The van der Waals surface area contributed by atoms with Crippen molar-refractivity contribution in [1.82, 2.24) is 0 Å². The summed E-state index contributed by atoms with van der Waals surface area (Å²) in [6.07, 6.45) is 6.96. The highest BCUT2D eigenvalue weighted by Crippen LogP contribution is 2.70. The van der Waals surface area contributed by atoms with E-state index in [1.807, 2.05) is 0 Å². The minimum Gasteiger partial charge on any atom is -0.458 e. The number of carbonyl (C=O) groups excluding carboxylic acids is 1. The normalized spacial score (nSPS) is 52.5. The lowest BCUT2D eigenvalue weighted by Gasteiger charge is -2.65. The number of oxime groups is 1. The molecule has 1 saturated heterocycles. The summed E-state index contributed by atoms with van der Waals surface area (Å²) in [5.74, 6) is -0.319. The third-order valence-corrected chi connectivity index (χ3v) is 12.2. The molecular formula is C30H45NO9. The minimum atomic E-state index is -1.15. The van der Waals surface area contributed by atoms with Gasteiger partial charge in [-0.2, -0.15) is 0 Å². The molecule has 5 fully saturated rings. The number of nitrogens with zero attached hydrogens (tertiary/aromatic N) is 1. The molecule has 2 heterocycles. The average Bonchev–Trinajstić information content (AvgIpc) is 3.46. The monoisotopic (exact) mass is 563 g/mol. The molecule has 12 atom stereocenters. The van der Waals surface area contributed by atoms with Crippen LogP contribution in [-0.4, -0.2) is 88.3 Å². The van der Waals surface area contributed by atoms with Crippen molar-refractivity contribution in [1.29, 1.82) is 0 Å². The molecule has 0 bridgehead atoms. The van der Waals surface area contributed by atoms with Gasteiger partial charge in [-0.25, -0.2) is 4.79 Å². The summed E-state index contributed by atoms with van der Waals surface area (Å²) in [5, 5.41) is 48.5. The maximum Gasteiger partial charge on any atom is 0.331 e. The summed E-state index contributed by atoms with van der Waals surface area (Å²) in [6, 6.07) is 0. The van der Waals surface area contributed by atoms with E-state index in [1.54, 1.807) is 26.3 Å². The van der Waals surface area contributed by atoms with Crippen LogP contribution in [0, 0.1) is 28.6 Å². The highest BCUT2D eigenvalue weighted by Gasteiger charge is 2.71. The van der Waals surface area contributed by atoms with Gasteiger partial charge in [0.15, 0.2) is 6.29 Å². The Hall–Kier alpha value is -1.56. The number of methoxy groups -OCH3 is 1. The fraction of sp³-hybridized carbons (Fsp3) is 0.867. The standard InChI is InChI=1S/C30H45NO9/c1-17-26(33)23(37-3)13-25(39-17)40-19-4-9-28(16-31-36)21-5-8-27(2)20(18-12-24(32)38-15-18)7-11-30(27,35)22(21)6-10-29(28,34)14-19/h12,16-17,19-23,25-26,33-36H,4-11,13-15H2,1-3H3/b31-16+/t17-,19+,20-,21+,22-,23+,25+,26-,27-,28+,29+,30+/m1/s1. The zero-order valence-electron chi connectivity index (χ0n) is 23.8. The summed E-state index contributed by atoms with van der Waals surface area (Å²) in [7, 11) is 1.57. The van der Waals surface area contributed by atoms with Gasteiger partial charge >= 0.3 is 5.97 Å². The lowest BCUT2D eigenvalue weighted by atomic mass is 9.41. The van der Waals surface area contributed by atoms with Crippen LogP contribution in [0.25, 0.3) is 0 Å². The molecule has 4 N–H and O–H groups in total. The summed E-state index contributed by atoms with van der Waals surface area (Å²) in [6.45, 7) is 4.27. The second-order valence-electron chi connectivity index (χ2n) is 13.6. The zero-order chi connectivity index (χ0) is 28.5. The van der Waals surface area contributed by atoms with Gasteiger partial charge in [-0.05, 0) is 81.6 Å². The Labute approximate surface area is 235 Å². The molecule has 0 radical (unpaired) electrons. The lowest BCUT2D eigenvalue weighted by molar-refractivity contribution is -0.284. The number of rotatable bonds is 5. The van der Waals surface area contributed by atoms with Crippen molar-refractivity contribution < 1.29 is 44.3 Å². The van der Waals surface area contributed by atoms with E-state index in [0.29, 0.717) is 51.6 Å². The number of ether oxygens (including phenoxy) is 4. The Morgan fingerprint density at radius 1 is 1.10 bits per heavy atom. The Bertz CT molecular complexity index is 1070. The molecule has 0 spiro atoms. The number of carbonyl (C=O) groups is 1. The molecule has 2 aliphatic heterocycles. The molecule has 6 rings (SSSR count). The van der Waals surface area contributed by atoms with E-state index < -0.39 is 40.5 Å². The van der Waals surface area contributed by atoms with Crippen molar-refractivity contribution in [2.24, 2.45) is 33.7 Å². The molecule has 4 saturated carbocycles. The van der Waals surface area contributed by atoms with Crippen LogP contribution in [0.2, 0.25) is 0 Å². The maximum atomic E-state index is 12.5. The summed E-state index contributed by atoms with van der Waals surface area (Å²) < 4.78 is 23.0. The quantitative estimate of drug-likeness (QED) is 0.130. The van der Waals surface area contributed by atoms with Gasteiger partial charge < -0.3 is 39.5 Å². The van der Waals surface area contributed by atoms with Crippen LogP contribution in [0.15, 0.2) is 16.8 Å². The summed E-state index contributed by atoms with van der Waals surface area (Å²) >= 11 is 0. The van der Waals surface area contributed by atoms with Gasteiger partial charge in [0, 0.05) is 36.9 Å². The maximum absolute atomic E-state index is 12.5. The fourth-order valence-corrected chi connectivity index (χ4v) is 10.1. The third-order valence-electron chi connectivity index (χ3n) is 12.2. The minimum absolute atomic E-state index is 0.0469. The molecule has 0 unspecified atom stereocenters. The molecule has 0 amide bonds. The van der Waals surface area contributed by atoms with E-state index in [1.165, 1.54) is 0 Å². The van der Waals surface area contributed by atoms with E-state index >= 15 is 0 Å². The number of aliphatic hydroxyl groups is 3. The van der Waals surface area contributed by atoms with E-state index in [4.69, 9.17) is 18.9 Å². The second-order valence-corrected chi connectivity index (χ2v) is 13.6. The van der Waals surface area contributed by atoms with Gasteiger partial charge in [0.2, 0.25) is 0 Å². The first-order valence-electron chi connectivity index (χ1n) is 15.0. The molecule has 224 valence electrons. The number of fused-ring (bicyclic) bond motifs is 5. The van der Waals surface area contributed by atoms with Crippen LogP contribution >= 0.6 is 0 Å². The van der Waals surface area contributed by atoms with Crippen LogP contribution in [0.5, 0.6) is 0 Å². The fourth-order valence-electron chi connectivity index (χ4n) is 10.1. The van der Waals surface area contributed by atoms with Crippen LogP contribution in [-0.2, 0) is 23.7 Å². The predicted molar refractivity (Wildman–Crippen MR) is 142 cm³/mol. The van der Waals surface area contributed by atoms with Crippen molar-refractivity contribution in [2.75, 3.05) is 13.7 Å². The van der Waals surface area contributed by atoms with E-state index in [-0.39, 0.29) is 35.9 Å². The van der Waals surface area contributed by atoms with Crippen LogP contribution in [0.4, 0.5) is 0 Å². The van der Waals surface area contributed by atoms with Crippen molar-refractivity contribution >= 4 is 12.2 Å². The Morgan fingerprint density at radius 2 is 1.88 bits per heavy atom. The van der Waals surface area contributed by atoms with Crippen molar-refractivity contribution in [2.45, 2.75) is 120 Å². The van der Waals surface area contributed by atoms with Gasteiger partial charge in [0.05, 0.1) is 35.7 Å². The predicted octanol–water partition coefficient (Wildman–Crippen LogP) is 2.69. The van der Waals surface area contributed by atoms with Gasteiger partial charge in [-0.3, -0.25) is 0 Å². The SMILES string of the molecule is CO[C@H]1C[C@H](O[C@H]2CC[C@]3(/C=N/O)[C@H]4CC[C@]5(C)[C@@H](C6=CC(=O)OC6)CC[C@]5(O)[C@@H]4CC[C@]3(O)C2)O[C@H](C)[C@H]1O. The van der Waals surface area contributed by atoms with E-state index in [2.05, 4.69) is 12.1 Å². The van der Waals surface area contributed by atoms with Crippen LogP contribution in [0.1, 0.15) is 78.1 Å². The highest BCUT2D eigenvalue weighted by atomic mass is 16.7. The van der Waals surface area contributed by atoms with Gasteiger partial charge in [0.1, 0.15) is 12.7 Å². The second kappa shape index (κ2) is 10.0. The van der Waals surface area contributed by atoms with Crippen molar-refractivity contribution in [3.63, 3.8) is 0 Å². The van der Waals surface area contributed by atoms with Gasteiger partial charge in [0.25, 0.3) is 0 Å². The smallest absolute Gasteiger partial charge is 0.331 e. The average molecular weight is 564 g/mol. The molecule has 0 aromatic carbocycles. The number of cyclic esters (lactones) is 1. The van der Waals surface area contributed by atoms with Crippen molar-refractivity contribution in [3.8, 4) is 0 Å². The van der Waals surface area contributed by atoms with Crippen LogP contribution in [0.3, 0.4) is 0 Å². The molecule has 4 aliphatic carbocycles. The first kappa shape index (κ1) is 28.6. The molecule has 40 heavy (non-hydrogen) atoms. The first-order chi connectivity index (χ1) is 19.0. The molecule has 10 nitrogen and oxygen atoms in total. The van der Waals surface area contributed by atoms with E-state index in [9.17, 15) is 25.3 Å². The zero-order valence-corrected chi connectivity index (χ0v) is 23.8. The summed E-state index contributed by atoms with van der Waals surface area (Å²) in [5.41, 5.74) is -2.28. The van der Waals surface area contributed by atoms with Crippen LogP contribution < -0.4 is 0 Å². The van der Waals surface area contributed by atoms with Gasteiger partial charge in [-0.15, -0.1) is 5.16 Å². The highest BCUT2D eigenvalue weighted by molar-refractivity contribution is 5.85. The summed E-state index contributed by atoms with van der Waals surface area (Å²) in [4.78, 5) is 11.8. The Morgan fingerprint density at radius 3 is 2.58 bits per heavy atom. The first-order valence-corrected chi connectivity index (χ1v) is 15.0. The lowest BCUT2D eigenvalue weighted by Crippen LogP contribution is -2.69. The molecule has 0 aromatic rings. The molecular weight excluding hydrogens is 518 g/mol. The molecule has 0 aromatic heterocycles. The van der Waals surface area contributed by atoms with E-state index in [0.717, 1.165) is 24.8 Å². The molecule has 10 heteroatoms. The largest absolute Gasteiger partial charge is 0.458 e.